The van der Waals surface area contributed by atoms with Crippen LogP contribution in [0.1, 0.15) is 31.2 Å². The molecule has 1 aliphatic carbocycles. The maximum atomic E-state index is 13.7. The van der Waals surface area contributed by atoms with Crippen LogP contribution in [0.4, 0.5) is 4.39 Å². The fraction of sp³-hybridized carbons (Fsp3) is 0.571. The number of benzene rings is 1. The molecule has 2 rings (SSSR count). The first-order valence-corrected chi connectivity index (χ1v) is 6.74. The number of nitrogens with one attached hydrogen (secondary N) is 1. The maximum absolute atomic E-state index is 13.7. The van der Waals surface area contributed by atoms with E-state index in [0.717, 1.165) is 12.8 Å². The Labute approximate surface area is 112 Å². The molecule has 1 aromatic rings. The van der Waals surface area contributed by atoms with Gasteiger partial charge in [0.2, 0.25) is 0 Å². The molecule has 4 heteroatoms. The molecule has 100 valence electrons. The summed E-state index contributed by atoms with van der Waals surface area (Å²) in [5.41, 5.74) is -0.385. The summed E-state index contributed by atoms with van der Waals surface area (Å²) in [4.78, 5) is 0. The molecule has 0 saturated heterocycles. The van der Waals surface area contributed by atoms with Crippen molar-refractivity contribution in [1.29, 1.82) is 0 Å². The van der Waals surface area contributed by atoms with Crippen molar-refractivity contribution in [3.05, 3.63) is 34.6 Å². The van der Waals surface area contributed by atoms with Crippen LogP contribution >= 0.6 is 11.6 Å². The van der Waals surface area contributed by atoms with Crippen molar-refractivity contribution < 1.29 is 9.50 Å². The summed E-state index contributed by atoms with van der Waals surface area (Å²) in [5, 5.41) is 14.2. The summed E-state index contributed by atoms with van der Waals surface area (Å²) < 4.78 is 13.7. The minimum atomic E-state index is -0.820. The van der Waals surface area contributed by atoms with Crippen molar-refractivity contribution in [2.75, 3.05) is 7.05 Å². The van der Waals surface area contributed by atoms with Crippen molar-refractivity contribution in [1.82, 2.24) is 5.32 Å². The highest BCUT2D eigenvalue weighted by atomic mass is 35.5. The Balaban J connectivity index is 2.09. The lowest BCUT2D eigenvalue weighted by Crippen LogP contribution is -2.41. The fourth-order valence-corrected chi connectivity index (χ4v) is 2.88. The summed E-state index contributed by atoms with van der Waals surface area (Å²) >= 11 is 6.00. The summed E-state index contributed by atoms with van der Waals surface area (Å²) in [7, 11) is 1.93. The van der Waals surface area contributed by atoms with Gasteiger partial charge in [-0.1, -0.05) is 17.7 Å². The molecule has 0 heterocycles. The van der Waals surface area contributed by atoms with E-state index < -0.39 is 5.60 Å². The number of hydrogen-bond donors (Lipinski definition) is 2. The number of aliphatic hydroxyl groups is 1. The van der Waals surface area contributed by atoms with Crippen LogP contribution in [-0.2, 0) is 6.42 Å². The lowest BCUT2D eigenvalue weighted by atomic mass is 9.78. The molecule has 1 fully saturated rings. The van der Waals surface area contributed by atoms with Crippen molar-refractivity contribution in [3.63, 3.8) is 0 Å². The van der Waals surface area contributed by atoms with Gasteiger partial charge in [-0.2, -0.15) is 0 Å². The molecule has 0 aromatic heterocycles. The van der Waals surface area contributed by atoms with Crippen LogP contribution in [-0.4, -0.2) is 23.8 Å². The second-order valence-electron chi connectivity index (χ2n) is 5.16. The minimum absolute atomic E-state index is 0.301. The van der Waals surface area contributed by atoms with Crippen LogP contribution in [0, 0.1) is 5.82 Å². The fourth-order valence-electron chi connectivity index (χ4n) is 2.65. The minimum Gasteiger partial charge on any atom is -0.390 e. The van der Waals surface area contributed by atoms with Crippen molar-refractivity contribution >= 4 is 11.6 Å². The van der Waals surface area contributed by atoms with Gasteiger partial charge in [0.05, 0.1) is 5.60 Å². The molecule has 2 nitrogen and oxygen atoms in total. The smallest absolute Gasteiger partial charge is 0.127 e. The Bertz CT molecular complexity index is 396. The molecule has 0 atom stereocenters. The molecule has 0 radical (unpaired) electrons. The molecule has 0 aliphatic heterocycles. The second-order valence-corrected chi connectivity index (χ2v) is 5.57. The molecular formula is C14H19ClFNO. The number of rotatable bonds is 3. The average molecular weight is 272 g/mol. The molecule has 0 bridgehead atoms. The molecule has 1 aromatic carbocycles. The maximum Gasteiger partial charge on any atom is 0.127 e. The molecule has 0 unspecified atom stereocenters. The Morgan fingerprint density at radius 2 is 2.11 bits per heavy atom. The van der Waals surface area contributed by atoms with E-state index in [2.05, 4.69) is 5.32 Å². The van der Waals surface area contributed by atoms with E-state index in [1.54, 1.807) is 12.1 Å². The van der Waals surface area contributed by atoms with Gasteiger partial charge in [-0.3, -0.25) is 0 Å². The van der Waals surface area contributed by atoms with Crippen LogP contribution in [0.15, 0.2) is 18.2 Å². The topological polar surface area (TPSA) is 32.3 Å². The highest BCUT2D eigenvalue weighted by Crippen LogP contribution is 2.34. The van der Waals surface area contributed by atoms with Crippen molar-refractivity contribution in [3.8, 4) is 0 Å². The van der Waals surface area contributed by atoms with E-state index in [1.165, 1.54) is 6.07 Å². The van der Waals surface area contributed by atoms with Crippen LogP contribution in [0.2, 0.25) is 5.02 Å². The molecular weight excluding hydrogens is 253 g/mol. The van der Waals surface area contributed by atoms with E-state index in [1.807, 2.05) is 7.05 Å². The summed E-state index contributed by atoms with van der Waals surface area (Å²) in [6, 6.07) is 5.11. The van der Waals surface area contributed by atoms with Gasteiger partial charge < -0.3 is 10.4 Å². The first-order valence-electron chi connectivity index (χ1n) is 6.36. The van der Waals surface area contributed by atoms with E-state index in [4.69, 9.17) is 11.6 Å². The van der Waals surface area contributed by atoms with Crippen LogP contribution in [0.3, 0.4) is 0 Å². The van der Waals surface area contributed by atoms with Crippen LogP contribution < -0.4 is 5.32 Å². The van der Waals surface area contributed by atoms with Gasteiger partial charge in [0, 0.05) is 23.0 Å². The van der Waals surface area contributed by atoms with E-state index in [9.17, 15) is 9.50 Å². The van der Waals surface area contributed by atoms with Crippen molar-refractivity contribution in [2.24, 2.45) is 0 Å². The lowest BCUT2D eigenvalue weighted by molar-refractivity contribution is -0.00306. The van der Waals surface area contributed by atoms with Gasteiger partial charge in [-0.15, -0.1) is 0 Å². The Morgan fingerprint density at radius 3 is 2.67 bits per heavy atom. The first kappa shape index (κ1) is 13.8. The molecule has 0 amide bonds. The van der Waals surface area contributed by atoms with Gasteiger partial charge in [0.25, 0.3) is 0 Å². The zero-order chi connectivity index (χ0) is 13.2. The first-order chi connectivity index (χ1) is 8.54. The van der Waals surface area contributed by atoms with Crippen LogP contribution in [0.25, 0.3) is 0 Å². The van der Waals surface area contributed by atoms with Crippen molar-refractivity contribution in [2.45, 2.75) is 43.7 Å². The van der Waals surface area contributed by atoms with Gasteiger partial charge in [0.15, 0.2) is 0 Å². The monoisotopic (exact) mass is 271 g/mol. The van der Waals surface area contributed by atoms with Crippen LogP contribution in [0.5, 0.6) is 0 Å². The predicted molar refractivity (Wildman–Crippen MR) is 71.4 cm³/mol. The number of hydrogen-bond acceptors (Lipinski definition) is 2. The van der Waals surface area contributed by atoms with E-state index in [-0.39, 0.29) is 5.82 Å². The Hall–Kier alpha value is -0.640. The molecule has 2 N–H and O–H groups in total. The Kier molecular flexibility index (Phi) is 4.25. The number of halogens is 2. The molecule has 1 saturated carbocycles. The standard InChI is InChI=1S/C14H19ClFNO/c1-17-10-5-7-14(18,8-6-10)9-11-12(15)3-2-4-13(11)16/h2-4,10,17-18H,5-9H2,1H3. The molecule has 1 aliphatic rings. The normalized spacial score (nSPS) is 28.3. The lowest BCUT2D eigenvalue weighted by Gasteiger charge is -2.36. The third-order valence-electron chi connectivity index (χ3n) is 3.89. The highest BCUT2D eigenvalue weighted by Gasteiger charge is 2.34. The predicted octanol–water partition coefficient (Wildman–Crippen LogP) is 2.91. The summed E-state index contributed by atoms with van der Waals surface area (Å²) in [5.74, 6) is -0.327. The molecule has 0 spiro atoms. The van der Waals surface area contributed by atoms with Gasteiger partial charge in [-0.25, -0.2) is 4.39 Å². The third kappa shape index (κ3) is 3.02. The SMILES string of the molecule is CNC1CCC(O)(Cc2c(F)cccc2Cl)CC1. The average Bonchev–Trinajstić information content (AvgIpc) is 2.35. The molecule has 18 heavy (non-hydrogen) atoms. The zero-order valence-electron chi connectivity index (χ0n) is 10.5. The summed E-state index contributed by atoms with van der Waals surface area (Å²) in [6.45, 7) is 0. The van der Waals surface area contributed by atoms with E-state index >= 15 is 0 Å². The Morgan fingerprint density at radius 1 is 1.44 bits per heavy atom. The van der Waals surface area contributed by atoms with Gasteiger partial charge in [0.1, 0.15) is 5.82 Å². The second kappa shape index (κ2) is 5.55. The van der Waals surface area contributed by atoms with E-state index in [0.29, 0.717) is 35.9 Å². The quantitative estimate of drug-likeness (QED) is 0.886. The van der Waals surface area contributed by atoms with Gasteiger partial charge in [-0.05, 0) is 44.9 Å². The third-order valence-corrected chi connectivity index (χ3v) is 4.25. The van der Waals surface area contributed by atoms with Gasteiger partial charge >= 0.3 is 0 Å². The summed E-state index contributed by atoms with van der Waals surface area (Å²) in [6.07, 6.45) is 3.50. The largest absolute Gasteiger partial charge is 0.390 e. The highest BCUT2D eigenvalue weighted by molar-refractivity contribution is 6.31. The zero-order valence-corrected chi connectivity index (χ0v) is 11.3.